The molecule has 3 aromatic rings. The van der Waals surface area contributed by atoms with Crippen LogP contribution in [0.3, 0.4) is 0 Å². The summed E-state index contributed by atoms with van der Waals surface area (Å²) < 4.78 is 5.18. The molecule has 158 valence electrons. The average Bonchev–Trinajstić information content (AvgIpc) is 2.93. The fourth-order valence-corrected chi connectivity index (χ4v) is 3.72. The molecule has 32 heavy (non-hydrogen) atoms. The van der Waals surface area contributed by atoms with E-state index in [0.717, 1.165) is 0 Å². The number of nitrogens with zero attached hydrogens (tertiary/aromatic N) is 1. The number of nitrogens with one attached hydrogen (secondary N) is 1. The van der Waals surface area contributed by atoms with Gasteiger partial charge in [-0.05, 0) is 35.9 Å². The molecule has 0 bridgehead atoms. The number of rotatable bonds is 5. The van der Waals surface area contributed by atoms with Gasteiger partial charge in [-0.1, -0.05) is 48.4 Å². The Morgan fingerprint density at radius 3 is 2.41 bits per heavy atom. The molecule has 1 unspecified atom stereocenters. The zero-order valence-electron chi connectivity index (χ0n) is 17.4. The topological polar surface area (TPSA) is 75.7 Å². The molecule has 1 aliphatic heterocycles. The molecule has 4 rings (SSSR count). The fourth-order valence-electron chi connectivity index (χ4n) is 3.72. The lowest BCUT2D eigenvalue weighted by molar-refractivity contribution is -0.120. The molecule has 2 amide bonds. The van der Waals surface area contributed by atoms with Crippen LogP contribution in [-0.2, 0) is 4.79 Å². The highest BCUT2D eigenvalue weighted by Gasteiger charge is 2.36. The van der Waals surface area contributed by atoms with E-state index in [4.69, 9.17) is 11.2 Å². The number of hydrogen-bond donors (Lipinski definition) is 1. The monoisotopic (exact) mass is 424 g/mol. The average molecular weight is 424 g/mol. The van der Waals surface area contributed by atoms with Gasteiger partial charge in [0.2, 0.25) is 0 Å². The molecular weight excluding hydrogens is 404 g/mol. The summed E-state index contributed by atoms with van der Waals surface area (Å²) in [4.78, 5) is 40.8. The lowest BCUT2D eigenvalue weighted by Gasteiger charge is -2.27. The molecule has 3 aromatic carbocycles. The Balaban J connectivity index is 1.76. The van der Waals surface area contributed by atoms with Crippen LogP contribution in [0.2, 0.25) is 0 Å². The number of carbonyl (C=O) groups excluding carboxylic acids is 3. The van der Waals surface area contributed by atoms with Crippen LogP contribution in [0.25, 0.3) is 0 Å². The molecule has 6 nitrogen and oxygen atoms in total. The Kier molecular flexibility index (Phi) is 5.73. The molecule has 0 aliphatic carbocycles. The van der Waals surface area contributed by atoms with E-state index in [-0.39, 0.29) is 23.8 Å². The normalized spacial score (nSPS) is 15.2. The molecule has 0 aromatic heterocycles. The molecule has 1 atom stereocenters. The third kappa shape index (κ3) is 3.84. The maximum absolute atomic E-state index is 13.5. The first-order valence-electron chi connectivity index (χ1n) is 9.96. The van der Waals surface area contributed by atoms with Gasteiger partial charge in [0.05, 0.1) is 24.9 Å². The first-order chi connectivity index (χ1) is 15.5. The van der Waals surface area contributed by atoms with Gasteiger partial charge < -0.3 is 15.0 Å². The fraction of sp³-hybridized carbons (Fsp3) is 0.115. The van der Waals surface area contributed by atoms with E-state index in [9.17, 15) is 14.4 Å². The number of carbonyl (C=O) groups is 3. The predicted octanol–water partition coefficient (Wildman–Crippen LogP) is 3.70. The van der Waals surface area contributed by atoms with Gasteiger partial charge in [-0.2, -0.15) is 0 Å². The summed E-state index contributed by atoms with van der Waals surface area (Å²) in [6.45, 7) is -0.0702. The summed E-state index contributed by atoms with van der Waals surface area (Å²) in [5, 5.41) is 2.81. The smallest absolute Gasteiger partial charge is 0.257 e. The van der Waals surface area contributed by atoms with E-state index >= 15 is 0 Å². The summed E-state index contributed by atoms with van der Waals surface area (Å²) in [6, 6.07) is 19.4. The number of anilines is 1. The summed E-state index contributed by atoms with van der Waals surface area (Å²) in [5.41, 5.74) is 2.00. The van der Waals surface area contributed by atoms with Gasteiger partial charge in [-0.15, -0.1) is 6.42 Å². The zero-order chi connectivity index (χ0) is 22.7. The van der Waals surface area contributed by atoms with E-state index < -0.39 is 11.9 Å². The van der Waals surface area contributed by atoms with Crippen molar-refractivity contribution in [3.05, 3.63) is 95.1 Å². The van der Waals surface area contributed by atoms with E-state index in [1.807, 2.05) is 6.07 Å². The second kappa shape index (κ2) is 8.78. The standard InChI is InChI=1S/C26H20N2O4/c1-3-15-28-23(17-9-12-20(32-2)13-10-17)25(30)27-22-14-11-19(16-21(22)26(28)31)24(29)18-7-5-4-6-8-18/h1,4-14,16,23H,15H2,2H3,(H,27,30). The highest BCUT2D eigenvalue weighted by molar-refractivity contribution is 6.14. The predicted molar refractivity (Wildman–Crippen MR) is 121 cm³/mol. The van der Waals surface area contributed by atoms with Crippen molar-refractivity contribution >= 4 is 23.3 Å². The molecule has 0 saturated carbocycles. The van der Waals surface area contributed by atoms with Crippen molar-refractivity contribution in [1.29, 1.82) is 0 Å². The molecule has 0 radical (unpaired) electrons. The van der Waals surface area contributed by atoms with E-state index in [1.165, 1.54) is 11.0 Å². The van der Waals surface area contributed by atoms with Gasteiger partial charge in [-0.25, -0.2) is 0 Å². The van der Waals surface area contributed by atoms with E-state index in [0.29, 0.717) is 28.1 Å². The first-order valence-corrected chi connectivity index (χ1v) is 9.96. The molecular formula is C26H20N2O4. The number of terminal acetylenes is 1. The lowest BCUT2D eigenvalue weighted by Crippen LogP contribution is -2.39. The number of fused-ring (bicyclic) bond motifs is 1. The van der Waals surface area contributed by atoms with Gasteiger partial charge in [-0.3, -0.25) is 14.4 Å². The largest absolute Gasteiger partial charge is 0.497 e. The molecule has 1 heterocycles. The van der Waals surface area contributed by atoms with Crippen LogP contribution in [0.4, 0.5) is 5.69 Å². The molecule has 1 aliphatic rings. The number of benzene rings is 3. The molecule has 0 spiro atoms. The number of ether oxygens (including phenoxy) is 1. The van der Waals surface area contributed by atoms with E-state index in [2.05, 4.69) is 11.2 Å². The van der Waals surface area contributed by atoms with Crippen molar-refractivity contribution in [3.63, 3.8) is 0 Å². The van der Waals surface area contributed by atoms with Crippen molar-refractivity contribution in [2.24, 2.45) is 0 Å². The Morgan fingerprint density at radius 2 is 1.75 bits per heavy atom. The van der Waals surface area contributed by atoms with Gasteiger partial charge in [0, 0.05) is 11.1 Å². The highest BCUT2D eigenvalue weighted by Crippen LogP contribution is 2.32. The van der Waals surface area contributed by atoms with Crippen LogP contribution >= 0.6 is 0 Å². The minimum Gasteiger partial charge on any atom is -0.497 e. The van der Waals surface area contributed by atoms with Crippen molar-refractivity contribution in [2.75, 3.05) is 19.0 Å². The van der Waals surface area contributed by atoms with Gasteiger partial charge >= 0.3 is 0 Å². The number of amides is 2. The second-order valence-corrected chi connectivity index (χ2v) is 7.26. The van der Waals surface area contributed by atoms with Gasteiger partial charge in [0.1, 0.15) is 11.8 Å². The SMILES string of the molecule is C#CCN1C(=O)c2cc(C(=O)c3ccccc3)ccc2NC(=O)C1c1ccc(OC)cc1. The summed E-state index contributed by atoms with van der Waals surface area (Å²) >= 11 is 0. The van der Waals surface area contributed by atoms with Crippen LogP contribution in [0.15, 0.2) is 72.8 Å². The Morgan fingerprint density at radius 1 is 1.03 bits per heavy atom. The van der Waals surface area contributed by atoms with Crippen LogP contribution in [0.1, 0.15) is 37.9 Å². The Labute approximate surface area is 185 Å². The second-order valence-electron chi connectivity index (χ2n) is 7.26. The summed E-state index contributed by atoms with van der Waals surface area (Å²) in [6.07, 6.45) is 5.53. The zero-order valence-corrected chi connectivity index (χ0v) is 17.4. The maximum Gasteiger partial charge on any atom is 0.257 e. The third-order valence-electron chi connectivity index (χ3n) is 5.32. The number of methoxy groups -OCH3 is 1. The maximum atomic E-state index is 13.5. The van der Waals surface area contributed by atoms with Gasteiger partial charge in [0.25, 0.3) is 11.8 Å². The van der Waals surface area contributed by atoms with Crippen LogP contribution in [0, 0.1) is 12.3 Å². The van der Waals surface area contributed by atoms with Crippen molar-refractivity contribution < 1.29 is 19.1 Å². The van der Waals surface area contributed by atoms with Crippen molar-refractivity contribution in [1.82, 2.24) is 4.90 Å². The minimum atomic E-state index is -0.926. The molecule has 0 saturated heterocycles. The first kappa shape index (κ1) is 20.9. The number of ketones is 1. The minimum absolute atomic E-state index is 0.0702. The Bertz CT molecular complexity index is 1230. The quantitative estimate of drug-likeness (QED) is 0.501. The Hall–Kier alpha value is -4.37. The van der Waals surface area contributed by atoms with Crippen molar-refractivity contribution in [3.8, 4) is 18.1 Å². The van der Waals surface area contributed by atoms with Crippen LogP contribution in [-0.4, -0.2) is 36.2 Å². The highest BCUT2D eigenvalue weighted by atomic mass is 16.5. The van der Waals surface area contributed by atoms with Crippen LogP contribution in [0.5, 0.6) is 5.75 Å². The number of hydrogen-bond acceptors (Lipinski definition) is 4. The summed E-state index contributed by atoms with van der Waals surface area (Å²) in [7, 11) is 1.55. The van der Waals surface area contributed by atoms with E-state index in [1.54, 1.807) is 67.8 Å². The molecule has 1 N–H and O–H groups in total. The third-order valence-corrected chi connectivity index (χ3v) is 5.32. The van der Waals surface area contributed by atoms with Gasteiger partial charge in [0.15, 0.2) is 5.78 Å². The molecule has 0 fully saturated rings. The van der Waals surface area contributed by atoms with Crippen molar-refractivity contribution in [2.45, 2.75) is 6.04 Å². The van der Waals surface area contributed by atoms with Crippen LogP contribution < -0.4 is 10.1 Å². The summed E-state index contributed by atoms with van der Waals surface area (Å²) in [5.74, 6) is 2.06. The molecule has 6 heteroatoms. The lowest BCUT2D eigenvalue weighted by atomic mass is 9.99.